The normalized spacial score (nSPS) is 27.5. The van der Waals surface area contributed by atoms with E-state index in [0.29, 0.717) is 11.6 Å². The van der Waals surface area contributed by atoms with E-state index in [-0.39, 0.29) is 6.54 Å². The van der Waals surface area contributed by atoms with Gasteiger partial charge in [-0.05, 0) is 36.5 Å². The van der Waals surface area contributed by atoms with Crippen LogP contribution in [-0.2, 0) is 12.7 Å². The number of alkyl halides is 3. The average molecular weight is 314 g/mol. The highest BCUT2D eigenvalue weighted by Crippen LogP contribution is 2.33. The molecular formula is C15H17F3N2S. The second-order valence-electron chi connectivity index (χ2n) is 5.57. The molecule has 0 radical (unpaired) electrons. The Morgan fingerprint density at radius 1 is 1.29 bits per heavy atom. The molecule has 1 aliphatic carbocycles. The van der Waals surface area contributed by atoms with Crippen LogP contribution in [0.15, 0.2) is 29.3 Å². The fraction of sp³-hybridized carbons (Fsp3) is 0.533. The van der Waals surface area contributed by atoms with Crippen LogP contribution in [0.2, 0.25) is 0 Å². The Kier molecular flexibility index (Phi) is 4.15. The maximum atomic E-state index is 12.7. The van der Waals surface area contributed by atoms with Gasteiger partial charge < -0.3 is 5.32 Å². The molecule has 0 aromatic heterocycles. The molecule has 1 saturated carbocycles. The SMILES string of the molecule is FC(F)(F)c1cccc(CN=C2NC3CCCC3CS2)c1. The molecule has 0 spiro atoms. The summed E-state index contributed by atoms with van der Waals surface area (Å²) in [6.07, 6.45) is -0.596. The third kappa shape index (κ3) is 3.54. The first kappa shape index (κ1) is 14.8. The maximum Gasteiger partial charge on any atom is 0.416 e. The van der Waals surface area contributed by atoms with E-state index >= 15 is 0 Å². The number of nitrogens with one attached hydrogen (secondary N) is 1. The van der Waals surface area contributed by atoms with Crippen molar-refractivity contribution in [3.63, 3.8) is 0 Å². The first-order chi connectivity index (χ1) is 10.0. The molecule has 1 heterocycles. The van der Waals surface area contributed by atoms with Crippen LogP contribution in [-0.4, -0.2) is 17.0 Å². The van der Waals surface area contributed by atoms with E-state index < -0.39 is 11.7 Å². The Balaban J connectivity index is 1.66. The molecule has 2 aliphatic rings. The minimum Gasteiger partial charge on any atom is -0.362 e. The molecule has 1 N–H and O–H groups in total. The third-order valence-corrected chi connectivity index (χ3v) is 5.18. The molecule has 1 saturated heterocycles. The number of benzene rings is 1. The molecule has 1 aromatic carbocycles. The second-order valence-corrected chi connectivity index (χ2v) is 6.58. The van der Waals surface area contributed by atoms with Crippen LogP contribution in [0.4, 0.5) is 13.2 Å². The molecule has 2 unspecified atom stereocenters. The molecule has 3 rings (SSSR count). The number of thioether (sulfide) groups is 1. The second kappa shape index (κ2) is 5.91. The van der Waals surface area contributed by atoms with Gasteiger partial charge in [0.25, 0.3) is 0 Å². The fourth-order valence-electron chi connectivity index (χ4n) is 2.91. The van der Waals surface area contributed by atoms with Crippen LogP contribution in [0, 0.1) is 5.92 Å². The quantitative estimate of drug-likeness (QED) is 0.890. The van der Waals surface area contributed by atoms with Gasteiger partial charge in [0.1, 0.15) is 0 Å². The van der Waals surface area contributed by atoms with Gasteiger partial charge in [-0.2, -0.15) is 13.2 Å². The molecule has 1 aliphatic heterocycles. The largest absolute Gasteiger partial charge is 0.416 e. The van der Waals surface area contributed by atoms with Gasteiger partial charge in [-0.1, -0.05) is 30.3 Å². The van der Waals surface area contributed by atoms with Crippen LogP contribution in [0.5, 0.6) is 0 Å². The van der Waals surface area contributed by atoms with E-state index in [2.05, 4.69) is 10.3 Å². The van der Waals surface area contributed by atoms with Crippen molar-refractivity contribution >= 4 is 16.9 Å². The Labute approximate surface area is 126 Å². The lowest BCUT2D eigenvalue weighted by molar-refractivity contribution is -0.137. The lowest BCUT2D eigenvalue weighted by Gasteiger charge is -2.28. The molecule has 2 nitrogen and oxygen atoms in total. The molecule has 2 atom stereocenters. The smallest absolute Gasteiger partial charge is 0.362 e. The Morgan fingerprint density at radius 2 is 2.14 bits per heavy atom. The summed E-state index contributed by atoms with van der Waals surface area (Å²) < 4.78 is 38.0. The zero-order chi connectivity index (χ0) is 14.9. The minimum absolute atomic E-state index is 0.288. The summed E-state index contributed by atoms with van der Waals surface area (Å²) in [7, 11) is 0. The Hall–Kier alpha value is -1.17. The highest BCUT2D eigenvalue weighted by molar-refractivity contribution is 8.13. The number of nitrogens with zero attached hydrogens (tertiary/aromatic N) is 1. The van der Waals surface area contributed by atoms with Crippen LogP contribution >= 0.6 is 11.8 Å². The molecular weight excluding hydrogens is 297 g/mol. The molecule has 6 heteroatoms. The van der Waals surface area contributed by atoms with Crippen molar-refractivity contribution in [2.45, 2.75) is 38.0 Å². The molecule has 1 aromatic rings. The summed E-state index contributed by atoms with van der Waals surface area (Å²) in [5.41, 5.74) is -0.0198. The average Bonchev–Trinajstić information content (AvgIpc) is 2.92. The van der Waals surface area contributed by atoms with E-state index in [1.807, 2.05) is 0 Å². The molecule has 0 amide bonds. The summed E-state index contributed by atoms with van der Waals surface area (Å²) in [5, 5.41) is 4.29. The van der Waals surface area contributed by atoms with Gasteiger partial charge >= 0.3 is 6.18 Å². The lowest BCUT2D eigenvalue weighted by atomic mass is 10.1. The van der Waals surface area contributed by atoms with Crippen molar-refractivity contribution in [1.29, 1.82) is 0 Å². The van der Waals surface area contributed by atoms with E-state index in [4.69, 9.17) is 0 Å². The Morgan fingerprint density at radius 3 is 2.95 bits per heavy atom. The van der Waals surface area contributed by atoms with Crippen LogP contribution in [0.25, 0.3) is 0 Å². The zero-order valence-electron chi connectivity index (χ0n) is 11.5. The number of aliphatic imine (C=N–C) groups is 1. The number of amidine groups is 1. The minimum atomic E-state index is -4.29. The summed E-state index contributed by atoms with van der Waals surface area (Å²) in [6, 6.07) is 5.90. The number of fused-ring (bicyclic) bond motifs is 1. The van der Waals surface area contributed by atoms with E-state index in [0.717, 1.165) is 22.9 Å². The van der Waals surface area contributed by atoms with Gasteiger partial charge in [-0.25, -0.2) is 0 Å². The lowest BCUT2D eigenvalue weighted by Crippen LogP contribution is -2.41. The molecule has 21 heavy (non-hydrogen) atoms. The topological polar surface area (TPSA) is 24.4 Å². The van der Waals surface area contributed by atoms with Crippen LogP contribution < -0.4 is 5.32 Å². The summed E-state index contributed by atoms with van der Waals surface area (Å²) in [5.74, 6) is 1.79. The van der Waals surface area contributed by atoms with Gasteiger partial charge in [0, 0.05) is 11.8 Å². The van der Waals surface area contributed by atoms with Crippen molar-refractivity contribution in [3.8, 4) is 0 Å². The van der Waals surface area contributed by atoms with E-state index in [1.165, 1.54) is 31.4 Å². The zero-order valence-corrected chi connectivity index (χ0v) is 12.3. The Bertz CT molecular complexity index is 542. The first-order valence-electron chi connectivity index (χ1n) is 7.12. The van der Waals surface area contributed by atoms with Gasteiger partial charge in [-0.3, -0.25) is 4.99 Å². The van der Waals surface area contributed by atoms with Crippen molar-refractivity contribution in [2.24, 2.45) is 10.9 Å². The maximum absolute atomic E-state index is 12.7. The van der Waals surface area contributed by atoms with Crippen LogP contribution in [0.3, 0.4) is 0 Å². The number of hydrogen-bond acceptors (Lipinski definition) is 2. The first-order valence-corrected chi connectivity index (χ1v) is 8.11. The standard InChI is InChI=1S/C15H17F3N2S/c16-15(17,18)12-5-1-3-10(7-12)8-19-14-20-13-6-2-4-11(13)9-21-14/h1,3,5,7,11,13H,2,4,6,8-9H2,(H,19,20). The summed E-state index contributed by atoms with van der Waals surface area (Å²) in [4.78, 5) is 4.44. The van der Waals surface area contributed by atoms with Crippen molar-refractivity contribution < 1.29 is 13.2 Å². The van der Waals surface area contributed by atoms with Crippen molar-refractivity contribution in [1.82, 2.24) is 5.32 Å². The third-order valence-electron chi connectivity index (χ3n) is 4.06. The van der Waals surface area contributed by atoms with Crippen molar-refractivity contribution in [3.05, 3.63) is 35.4 Å². The fourth-order valence-corrected chi connectivity index (χ4v) is 4.07. The number of hydrogen-bond donors (Lipinski definition) is 1. The highest BCUT2D eigenvalue weighted by Gasteiger charge is 2.32. The molecule has 2 fully saturated rings. The van der Waals surface area contributed by atoms with E-state index in [9.17, 15) is 13.2 Å². The predicted octanol–water partition coefficient (Wildman–Crippen LogP) is 4.07. The summed E-state index contributed by atoms with van der Waals surface area (Å²) in [6.45, 7) is 0.288. The molecule has 114 valence electrons. The molecule has 0 bridgehead atoms. The van der Waals surface area contributed by atoms with Crippen molar-refractivity contribution in [2.75, 3.05) is 5.75 Å². The predicted molar refractivity (Wildman–Crippen MR) is 79.3 cm³/mol. The monoisotopic (exact) mass is 314 g/mol. The number of rotatable bonds is 2. The van der Waals surface area contributed by atoms with E-state index in [1.54, 1.807) is 17.8 Å². The van der Waals surface area contributed by atoms with Gasteiger partial charge in [0.2, 0.25) is 0 Å². The van der Waals surface area contributed by atoms with Gasteiger partial charge in [0.15, 0.2) is 5.17 Å². The van der Waals surface area contributed by atoms with Gasteiger partial charge in [-0.15, -0.1) is 0 Å². The highest BCUT2D eigenvalue weighted by atomic mass is 32.2. The number of halogens is 3. The summed E-state index contributed by atoms with van der Waals surface area (Å²) >= 11 is 1.69. The van der Waals surface area contributed by atoms with Crippen LogP contribution in [0.1, 0.15) is 30.4 Å². The van der Waals surface area contributed by atoms with Gasteiger partial charge in [0.05, 0.1) is 12.1 Å².